The normalized spacial score (nSPS) is 19.0. The number of halogens is 2. The topological polar surface area (TPSA) is 70.8 Å². The zero-order valence-electron chi connectivity index (χ0n) is 11.5. The Kier molecular flexibility index (Phi) is 4.21. The zero-order valence-corrected chi connectivity index (χ0v) is 13.1. The van der Waals surface area contributed by atoms with Crippen LogP contribution in [-0.4, -0.2) is 34.8 Å². The summed E-state index contributed by atoms with van der Waals surface area (Å²) in [6.45, 7) is 2.50. The molecule has 1 saturated heterocycles. The van der Waals surface area contributed by atoms with Crippen LogP contribution in [-0.2, 0) is 0 Å². The summed E-state index contributed by atoms with van der Waals surface area (Å²) in [6.07, 6.45) is 2.25. The van der Waals surface area contributed by atoms with Crippen molar-refractivity contribution >= 4 is 21.9 Å². The van der Waals surface area contributed by atoms with E-state index in [1.54, 1.807) is 12.1 Å². The number of aromatic nitrogens is 3. The summed E-state index contributed by atoms with van der Waals surface area (Å²) in [6, 6.07) is 4.90. The Labute approximate surface area is 130 Å². The van der Waals surface area contributed by atoms with E-state index in [0.29, 0.717) is 34.3 Å². The van der Waals surface area contributed by atoms with Gasteiger partial charge in [0.15, 0.2) is 5.82 Å². The van der Waals surface area contributed by atoms with E-state index >= 15 is 0 Å². The van der Waals surface area contributed by atoms with Gasteiger partial charge in [0.05, 0.1) is 4.47 Å². The molecule has 1 aromatic carbocycles. The molecule has 0 bridgehead atoms. The van der Waals surface area contributed by atoms with Crippen molar-refractivity contribution in [3.05, 3.63) is 28.5 Å². The molecule has 0 spiro atoms. The number of nitrogens with one attached hydrogen (secondary N) is 1. The van der Waals surface area contributed by atoms with E-state index in [-0.39, 0.29) is 5.82 Å². The largest absolute Gasteiger partial charge is 0.339 e. The van der Waals surface area contributed by atoms with Crippen molar-refractivity contribution < 1.29 is 4.39 Å². The summed E-state index contributed by atoms with van der Waals surface area (Å²) in [4.78, 5) is 6.62. The molecule has 1 aliphatic rings. The molecule has 1 fully saturated rings. The third-order valence-electron chi connectivity index (χ3n) is 3.80. The minimum atomic E-state index is -0.313. The highest BCUT2D eigenvalue weighted by Crippen LogP contribution is 2.25. The minimum Gasteiger partial charge on any atom is -0.339 e. The Hall–Kier alpha value is -1.47. The highest BCUT2D eigenvalue weighted by atomic mass is 79.9. The highest BCUT2D eigenvalue weighted by Gasteiger charge is 2.22. The van der Waals surface area contributed by atoms with Crippen molar-refractivity contribution in [2.45, 2.75) is 12.8 Å². The first-order valence-electron chi connectivity index (χ1n) is 7.00. The zero-order chi connectivity index (χ0) is 14.8. The van der Waals surface area contributed by atoms with Gasteiger partial charge in [0, 0.05) is 18.7 Å². The predicted octanol–water partition coefficient (Wildman–Crippen LogP) is 2.55. The maximum absolute atomic E-state index is 13.6. The van der Waals surface area contributed by atoms with Crippen LogP contribution in [0.5, 0.6) is 0 Å². The van der Waals surface area contributed by atoms with Crippen LogP contribution in [0.15, 0.2) is 22.7 Å². The lowest BCUT2D eigenvalue weighted by molar-refractivity contribution is 0.420. The SMILES string of the molecule is NCC1CCCN(c2n[nH]c(-c3ccc(Br)c(F)c3)n2)C1. The van der Waals surface area contributed by atoms with E-state index in [4.69, 9.17) is 5.73 Å². The van der Waals surface area contributed by atoms with E-state index in [2.05, 4.69) is 36.0 Å². The summed E-state index contributed by atoms with van der Waals surface area (Å²) >= 11 is 3.14. The molecule has 3 rings (SSSR count). The van der Waals surface area contributed by atoms with E-state index in [0.717, 1.165) is 25.9 Å². The van der Waals surface area contributed by atoms with Crippen LogP contribution in [0.25, 0.3) is 11.4 Å². The molecular weight excluding hydrogens is 337 g/mol. The quantitative estimate of drug-likeness (QED) is 0.889. The van der Waals surface area contributed by atoms with Crippen LogP contribution in [0.2, 0.25) is 0 Å². The molecule has 21 heavy (non-hydrogen) atoms. The Balaban J connectivity index is 1.81. The van der Waals surface area contributed by atoms with E-state index in [9.17, 15) is 4.39 Å². The average Bonchev–Trinajstić information content (AvgIpc) is 3.00. The van der Waals surface area contributed by atoms with Crippen molar-refractivity contribution in [3.8, 4) is 11.4 Å². The van der Waals surface area contributed by atoms with E-state index in [1.165, 1.54) is 6.07 Å². The van der Waals surface area contributed by atoms with Crippen LogP contribution in [0.3, 0.4) is 0 Å². The Morgan fingerprint density at radius 3 is 3.10 bits per heavy atom. The number of nitrogens with two attached hydrogens (primary N) is 1. The molecule has 1 aromatic heterocycles. The van der Waals surface area contributed by atoms with Gasteiger partial charge in [0.2, 0.25) is 5.95 Å². The van der Waals surface area contributed by atoms with Crippen molar-refractivity contribution in [2.75, 3.05) is 24.5 Å². The molecule has 5 nitrogen and oxygen atoms in total. The number of rotatable bonds is 3. The number of hydrogen-bond donors (Lipinski definition) is 2. The van der Waals surface area contributed by atoms with Gasteiger partial charge in [-0.3, -0.25) is 5.10 Å². The van der Waals surface area contributed by atoms with E-state index in [1.807, 2.05) is 0 Å². The second kappa shape index (κ2) is 6.11. The second-order valence-electron chi connectivity index (χ2n) is 5.30. The van der Waals surface area contributed by atoms with Crippen LogP contribution in [0.4, 0.5) is 10.3 Å². The lowest BCUT2D eigenvalue weighted by atomic mass is 9.99. The molecule has 1 unspecified atom stereocenters. The summed E-state index contributed by atoms with van der Waals surface area (Å²) in [5, 5.41) is 7.13. The van der Waals surface area contributed by atoms with Crippen LogP contribution in [0, 0.1) is 11.7 Å². The third kappa shape index (κ3) is 3.08. The molecule has 1 atom stereocenters. The van der Waals surface area contributed by atoms with Crippen molar-refractivity contribution in [1.29, 1.82) is 0 Å². The maximum Gasteiger partial charge on any atom is 0.245 e. The number of H-pyrrole nitrogens is 1. The summed E-state index contributed by atoms with van der Waals surface area (Å²) < 4.78 is 14.0. The molecule has 0 radical (unpaired) electrons. The molecule has 0 aliphatic carbocycles. The molecule has 112 valence electrons. The first-order chi connectivity index (χ1) is 10.2. The molecule has 7 heteroatoms. The van der Waals surface area contributed by atoms with Gasteiger partial charge >= 0.3 is 0 Å². The summed E-state index contributed by atoms with van der Waals surface area (Å²) in [7, 11) is 0. The number of hydrogen-bond acceptors (Lipinski definition) is 4. The molecule has 3 N–H and O–H groups in total. The van der Waals surface area contributed by atoms with Gasteiger partial charge in [-0.05, 0) is 59.4 Å². The van der Waals surface area contributed by atoms with Gasteiger partial charge in [-0.25, -0.2) is 4.39 Å². The fraction of sp³-hybridized carbons (Fsp3) is 0.429. The highest BCUT2D eigenvalue weighted by molar-refractivity contribution is 9.10. The van der Waals surface area contributed by atoms with Crippen molar-refractivity contribution in [1.82, 2.24) is 15.2 Å². The van der Waals surface area contributed by atoms with Crippen LogP contribution in [0.1, 0.15) is 12.8 Å². The monoisotopic (exact) mass is 353 g/mol. The lowest BCUT2D eigenvalue weighted by Crippen LogP contribution is -2.38. The van der Waals surface area contributed by atoms with Gasteiger partial charge in [0.1, 0.15) is 5.82 Å². The van der Waals surface area contributed by atoms with Gasteiger partial charge in [-0.2, -0.15) is 4.98 Å². The van der Waals surface area contributed by atoms with Crippen LogP contribution < -0.4 is 10.6 Å². The summed E-state index contributed by atoms with van der Waals surface area (Å²) in [5.41, 5.74) is 6.43. The van der Waals surface area contributed by atoms with Crippen molar-refractivity contribution in [2.24, 2.45) is 11.7 Å². The number of anilines is 1. The summed E-state index contributed by atoms with van der Waals surface area (Å²) in [5.74, 6) is 1.41. The fourth-order valence-electron chi connectivity index (χ4n) is 2.61. The second-order valence-corrected chi connectivity index (χ2v) is 6.16. The molecule has 0 saturated carbocycles. The molecule has 0 amide bonds. The number of piperidine rings is 1. The minimum absolute atomic E-state index is 0.313. The van der Waals surface area contributed by atoms with E-state index < -0.39 is 0 Å². The number of benzene rings is 1. The van der Waals surface area contributed by atoms with Crippen LogP contribution >= 0.6 is 15.9 Å². The first kappa shape index (κ1) is 14.5. The predicted molar refractivity (Wildman–Crippen MR) is 83.5 cm³/mol. The van der Waals surface area contributed by atoms with Crippen molar-refractivity contribution in [3.63, 3.8) is 0 Å². The first-order valence-corrected chi connectivity index (χ1v) is 7.79. The molecule has 2 aromatic rings. The fourth-order valence-corrected chi connectivity index (χ4v) is 2.85. The molecule has 2 heterocycles. The Morgan fingerprint density at radius 1 is 1.48 bits per heavy atom. The van der Waals surface area contributed by atoms with Gasteiger partial charge in [-0.15, -0.1) is 5.10 Å². The Bertz CT molecular complexity index is 630. The molecule has 1 aliphatic heterocycles. The van der Waals surface area contributed by atoms with Gasteiger partial charge in [0.25, 0.3) is 0 Å². The Morgan fingerprint density at radius 2 is 2.33 bits per heavy atom. The van der Waals surface area contributed by atoms with Gasteiger partial charge < -0.3 is 10.6 Å². The molecular formula is C14H17BrFN5. The maximum atomic E-state index is 13.6. The number of nitrogens with zero attached hydrogens (tertiary/aromatic N) is 3. The third-order valence-corrected chi connectivity index (χ3v) is 4.44. The standard InChI is InChI=1S/C14H17BrFN5/c15-11-4-3-10(6-12(11)16)13-18-14(20-19-13)21-5-1-2-9(7-17)8-21/h3-4,6,9H,1-2,5,7-8,17H2,(H,18,19,20). The average molecular weight is 354 g/mol. The smallest absolute Gasteiger partial charge is 0.245 e. The lowest BCUT2D eigenvalue weighted by Gasteiger charge is -2.31. The number of aromatic amines is 1. The van der Waals surface area contributed by atoms with Gasteiger partial charge in [-0.1, -0.05) is 0 Å².